The molecule has 1 N–H and O–H groups in total. The van der Waals surface area contributed by atoms with Gasteiger partial charge < -0.3 is 4.98 Å². The van der Waals surface area contributed by atoms with Gasteiger partial charge in [0.05, 0.1) is 44.4 Å². The molecule has 0 bridgehead atoms. The largest absolute Gasteiger partial charge is 0.338 e. The van der Waals surface area contributed by atoms with Gasteiger partial charge in [-0.05, 0) is 48.5 Å². The summed E-state index contributed by atoms with van der Waals surface area (Å²) in [5, 5.41) is 5.38. The Hall–Kier alpha value is -3.41. The van der Waals surface area contributed by atoms with Crippen LogP contribution in [0.1, 0.15) is 16.1 Å². The first-order valence-corrected chi connectivity index (χ1v) is 10.4. The van der Waals surface area contributed by atoms with Crippen molar-refractivity contribution in [1.82, 2.24) is 19.7 Å². The minimum atomic E-state index is -0.00786. The molecule has 0 spiro atoms. The number of para-hydroxylation sites is 1. The summed E-state index contributed by atoms with van der Waals surface area (Å²) in [5.74, 6) is 0.559. The van der Waals surface area contributed by atoms with Gasteiger partial charge in [-0.15, -0.1) is 0 Å². The van der Waals surface area contributed by atoms with Crippen molar-refractivity contribution in [2.75, 3.05) is 0 Å². The van der Waals surface area contributed by atoms with Gasteiger partial charge in [-0.2, -0.15) is 5.10 Å². The van der Waals surface area contributed by atoms with E-state index in [9.17, 15) is 4.79 Å². The van der Waals surface area contributed by atoms with Gasteiger partial charge in [0.25, 0.3) is 0 Å². The number of benzene rings is 3. The molecule has 2 aromatic heterocycles. The van der Waals surface area contributed by atoms with Crippen LogP contribution >= 0.6 is 23.2 Å². The van der Waals surface area contributed by atoms with Gasteiger partial charge in [0, 0.05) is 11.8 Å². The molecular formula is C24H16Cl2N4O. The molecule has 0 radical (unpaired) electrons. The molecule has 5 rings (SSSR count). The molecule has 0 unspecified atom stereocenters. The van der Waals surface area contributed by atoms with Gasteiger partial charge in [-0.25, -0.2) is 9.67 Å². The predicted octanol–water partition coefficient (Wildman–Crippen LogP) is 6.15. The van der Waals surface area contributed by atoms with Gasteiger partial charge >= 0.3 is 0 Å². The number of nitrogens with zero attached hydrogens (tertiary/aromatic N) is 3. The Balaban J connectivity index is 1.45. The van der Waals surface area contributed by atoms with Gasteiger partial charge in [-0.1, -0.05) is 47.5 Å². The summed E-state index contributed by atoms with van der Waals surface area (Å²) >= 11 is 12.6. The summed E-state index contributed by atoms with van der Waals surface area (Å²) in [6, 6.07) is 22.3. The Morgan fingerprint density at radius 3 is 2.48 bits per heavy atom. The van der Waals surface area contributed by atoms with Crippen LogP contribution in [0.3, 0.4) is 0 Å². The summed E-state index contributed by atoms with van der Waals surface area (Å²) in [6.45, 7) is 0. The highest BCUT2D eigenvalue weighted by molar-refractivity contribution is 6.39. The fourth-order valence-electron chi connectivity index (χ4n) is 3.56. The standard InChI is InChI=1S/C24H16Cl2N4O/c25-18-7-4-8-19(26)23(18)24-28-20-10-9-15(13-21(20)29-24)22(31)14-17-11-12-27-30(17)16-5-2-1-3-6-16/h1-13H,14H2,(H,28,29). The lowest BCUT2D eigenvalue weighted by Crippen LogP contribution is -2.09. The highest BCUT2D eigenvalue weighted by Crippen LogP contribution is 2.34. The van der Waals surface area contributed by atoms with Crippen molar-refractivity contribution in [2.24, 2.45) is 0 Å². The number of carbonyl (C=O) groups excluding carboxylic acids is 1. The number of hydrogen-bond donors (Lipinski definition) is 1. The molecule has 0 atom stereocenters. The summed E-state index contributed by atoms with van der Waals surface area (Å²) in [7, 11) is 0. The van der Waals surface area contributed by atoms with E-state index in [1.807, 2.05) is 48.5 Å². The zero-order valence-corrected chi connectivity index (χ0v) is 17.7. The zero-order chi connectivity index (χ0) is 21.4. The molecule has 31 heavy (non-hydrogen) atoms. The average Bonchev–Trinajstić information content (AvgIpc) is 3.40. The number of nitrogens with one attached hydrogen (secondary N) is 1. The number of fused-ring (bicyclic) bond motifs is 1. The van der Waals surface area contributed by atoms with Crippen LogP contribution in [0.5, 0.6) is 0 Å². The first-order chi connectivity index (χ1) is 15.1. The number of aromatic amines is 1. The predicted molar refractivity (Wildman–Crippen MR) is 123 cm³/mol. The van der Waals surface area contributed by atoms with Gasteiger partial charge in [0.1, 0.15) is 5.82 Å². The number of carbonyl (C=O) groups is 1. The first-order valence-electron chi connectivity index (χ1n) is 9.66. The molecule has 2 heterocycles. The Kier molecular flexibility index (Phi) is 5.06. The third-order valence-corrected chi connectivity index (χ3v) is 5.70. The molecule has 152 valence electrons. The maximum Gasteiger partial charge on any atom is 0.168 e. The van der Waals surface area contributed by atoms with Crippen LogP contribution in [0.2, 0.25) is 10.0 Å². The zero-order valence-electron chi connectivity index (χ0n) is 16.2. The van der Waals surface area contributed by atoms with E-state index < -0.39 is 0 Å². The fraction of sp³-hybridized carbons (Fsp3) is 0.0417. The normalized spacial score (nSPS) is 11.2. The molecular weight excluding hydrogens is 431 g/mol. The number of ketones is 1. The monoisotopic (exact) mass is 446 g/mol. The van der Waals surface area contributed by atoms with Crippen LogP contribution < -0.4 is 0 Å². The molecule has 0 saturated heterocycles. The average molecular weight is 447 g/mol. The van der Waals surface area contributed by atoms with E-state index in [-0.39, 0.29) is 12.2 Å². The van der Waals surface area contributed by atoms with E-state index in [0.717, 1.165) is 22.4 Å². The lowest BCUT2D eigenvalue weighted by Gasteiger charge is -2.07. The molecule has 3 aromatic carbocycles. The van der Waals surface area contributed by atoms with Crippen molar-refractivity contribution in [3.8, 4) is 17.1 Å². The van der Waals surface area contributed by atoms with Crippen LogP contribution in [0.25, 0.3) is 28.1 Å². The third-order valence-electron chi connectivity index (χ3n) is 5.07. The number of aromatic nitrogens is 4. The quantitative estimate of drug-likeness (QED) is 0.329. The van der Waals surface area contributed by atoms with Crippen molar-refractivity contribution in [2.45, 2.75) is 6.42 Å². The molecule has 0 saturated carbocycles. The van der Waals surface area contributed by atoms with Crippen molar-refractivity contribution in [3.63, 3.8) is 0 Å². The molecule has 0 fully saturated rings. The number of imidazole rings is 1. The van der Waals surface area contributed by atoms with Crippen molar-refractivity contribution < 1.29 is 4.79 Å². The summed E-state index contributed by atoms with van der Waals surface area (Å²) in [6.07, 6.45) is 1.94. The lowest BCUT2D eigenvalue weighted by molar-refractivity contribution is 0.0991. The van der Waals surface area contributed by atoms with Gasteiger partial charge in [0.15, 0.2) is 5.78 Å². The summed E-state index contributed by atoms with van der Waals surface area (Å²) in [5.41, 5.74) is 4.45. The molecule has 5 aromatic rings. The Bertz CT molecular complexity index is 1390. The number of halogens is 2. The summed E-state index contributed by atoms with van der Waals surface area (Å²) < 4.78 is 1.78. The second-order valence-corrected chi connectivity index (χ2v) is 7.90. The first kappa shape index (κ1) is 19.5. The van der Waals surface area contributed by atoms with E-state index in [4.69, 9.17) is 23.2 Å². The SMILES string of the molecule is O=C(Cc1ccnn1-c1ccccc1)c1ccc2nc(-c3c(Cl)cccc3Cl)[nH]c2c1. The molecule has 0 aliphatic carbocycles. The van der Waals surface area contributed by atoms with Crippen LogP contribution in [0.4, 0.5) is 0 Å². The van der Waals surface area contributed by atoms with Crippen molar-refractivity contribution >= 4 is 40.0 Å². The highest BCUT2D eigenvalue weighted by atomic mass is 35.5. The van der Waals surface area contributed by atoms with E-state index in [2.05, 4.69) is 15.1 Å². The molecule has 0 aliphatic heterocycles. The molecule has 5 nitrogen and oxygen atoms in total. The Morgan fingerprint density at radius 2 is 1.71 bits per heavy atom. The highest BCUT2D eigenvalue weighted by Gasteiger charge is 2.16. The molecule has 0 aliphatic rings. The van der Waals surface area contributed by atoms with Crippen molar-refractivity contribution in [1.29, 1.82) is 0 Å². The minimum absolute atomic E-state index is 0.00786. The topological polar surface area (TPSA) is 63.6 Å². The molecule has 0 amide bonds. The maximum absolute atomic E-state index is 13.0. The Labute approximate surface area is 188 Å². The van der Waals surface area contributed by atoms with Crippen LogP contribution in [0, 0.1) is 0 Å². The molecule has 7 heteroatoms. The third kappa shape index (κ3) is 3.74. The second-order valence-electron chi connectivity index (χ2n) is 7.08. The smallest absolute Gasteiger partial charge is 0.168 e. The van der Waals surface area contributed by atoms with E-state index in [0.29, 0.717) is 27.0 Å². The second kappa shape index (κ2) is 8.02. The Morgan fingerprint density at radius 1 is 0.935 bits per heavy atom. The van der Waals surface area contributed by atoms with E-state index in [1.165, 1.54) is 0 Å². The van der Waals surface area contributed by atoms with Crippen LogP contribution in [0.15, 0.2) is 79.0 Å². The lowest BCUT2D eigenvalue weighted by atomic mass is 10.1. The van der Waals surface area contributed by atoms with E-state index in [1.54, 1.807) is 35.1 Å². The van der Waals surface area contributed by atoms with Crippen molar-refractivity contribution in [3.05, 3.63) is 100 Å². The van der Waals surface area contributed by atoms with Crippen LogP contribution in [-0.2, 0) is 6.42 Å². The number of hydrogen-bond acceptors (Lipinski definition) is 3. The number of H-pyrrole nitrogens is 1. The number of Topliss-reactive ketones (excluding diaryl/α,β-unsaturated/α-hetero) is 1. The van der Waals surface area contributed by atoms with Gasteiger partial charge in [0.2, 0.25) is 0 Å². The summed E-state index contributed by atoms with van der Waals surface area (Å²) in [4.78, 5) is 20.8. The van der Waals surface area contributed by atoms with Crippen LogP contribution in [-0.4, -0.2) is 25.5 Å². The number of rotatable bonds is 5. The maximum atomic E-state index is 13.0. The minimum Gasteiger partial charge on any atom is -0.338 e. The van der Waals surface area contributed by atoms with E-state index >= 15 is 0 Å². The van der Waals surface area contributed by atoms with Gasteiger partial charge in [-0.3, -0.25) is 4.79 Å². The fourth-order valence-corrected chi connectivity index (χ4v) is 4.13.